The molecule has 2 nitrogen and oxygen atoms in total. The first kappa shape index (κ1) is 13.8. The van der Waals surface area contributed by atoms with Gasteiger partial charge in [0.25, 0.3) is 0 Å². The molecule has 0 fully saturated rings. The fourth-order valence-corrected chi connectivity index (χ4v) is 4.63. The minimum absolute atomic E-state index is 0.0766. The van der Waals surface area contributed by atoms with Gasteiger partial charge in [-0.05, 0) is 29.9 Å². The van der Waals surface area contributed by atoms with Crippen molar-refractivity contribution in [3.05, 3.63) is 35.4 Å². The molecule has 0 amide bonds. The lowest BCUT2D eigenvalue weighted by molar-refractivity contribution is 0.510. The van der Waals surface area contributed by atoms with Crippen LogP contribution in [0.15, 0.2) is 24.3 Å². The molecule has 0 saturated heterocycles. The topological polar surface area (TPSA) is 43.1 Å². The van der Waals surface area contributed by atoms with E-state index in [1.54, 1.807) is 0 Å². The quantitative estimate of drug-likeness (QED) is 0.912. The molecule has 2 rings (SSSR count). The Morgan fingerprint density at radius 3 is 2.61 bits per heavy atom. The Morgan fingerprint density at radius 2 is 2.00 bits per heavy atom. The zero-order valence-corrected chi connectivity index (χ0v) is 12.2. The highest BCUT2D eigenvalue weighted by Crippen LogP contribution is 2.39. The van der Waals surface area contributed by atoms with Gasteiger partial charge >= 0.3 is 0 Å². The molecule has 1 aliphatic rings. The second-order valence-electron chi connectivity index (χ2n) is 5.38. The number of fused-ring (bicyclic) bond motifs is 1. The van der Waals surface area contributed by atoms with Crippen LogP contribution in [0, 0.1) is 0 Å². The second kappa shape index (κ2) is 5.54. The second-order valence-corrected chi connectivity index (χ2v) is 7.44. The van der Waals surface area contributed by atoms with Gasteiger partial charge in [0.15, 0.2) is 0 Å². The van der Waals surface area contributed by atoms with Gasteiger partial charge in [-0.25, -0.2) is 0 Å². The van der Waals surface area contributed by atoms with E-state index >= 15 is 0 Å². The van der Waals surface area contributed by atoms with E-state index in [9.17, 15) is 4.21 Å². The van der Waals surface area contributed by atoms with E-state index in [-0.39, 0.29) is 16.5 Å². The molecule has 0 heterocycles. The number of hydrogen-bond donors (Lipinski definition) is 1. The Bertz CT molecular complexity index is 446. The summed E-state index contributed by atoms with van der Waals surface area (Å²) < 4.78 is 12.5. The van der Waals surface area contributed by atoms with E-state index in [0.29, 0.717) is 5.92 Å². The lowest BCUT2D eigenvalue weighted by atomic mass is 9.81. The molecule has 1 aromatic carbocycles. The minimum Gasteiger partial charge on any atom is -0.323 e. The van der Waals surface area contributed by atoms with Gasteiger partial charge in [0, 0.05) is 22.1 Å². The maximum Gasteiger partial charge on any atom is 0.0549 e. The van der Waals surface area contributed by atoms with Crippen molar-refractivity contribution in [2.45, 2.75) is 56.1 Å². The summed E-state index contributed by atoms with van der Waals surface area (Å²) in [5.41, 5.74) is 8.88. The fourth-order valence-electron chi connectivity index (χ4n) is 2.79. The fraction of sp³-hybridized carbons (Fsp3) is 0.600. The van der Waals surface area contributed by atoms with Gasteiger partial charge in [-0.15, -0.1) is 0 Å². The number of rotatable bonds is 3. The molecule has 2 N–H and O–H groups in total. The first-order valence-corrected chi connectivity index (χ1v) is 8.07. The van der Waals surface area contributed by atoms with Crippen LogP contribution in [0.1, 0.15) is 56.7 Å². The molecule has 0 radical (unpaired) electrons. The van der Waals surface area contributed by atoms with E-state index < -0.39 is 10.8 Å². The highest BCUT2D eigenvalue weighted by Gasteiger charge is 2.35. The van der Waals surface area contributed by atoms with Gasteiger partial charge in [-0.1, -0.05) is 45.0 Å². The van der Waals surface area contributed by atoms with Crippen LogP contribution in [0.5, 0.6) is 0 Å². The Morgan fingerprint density at radius 1 is 1.39 bits per heavy atom. The first-order chi connectivity index (χ1) is 8.56. The van der Waals surface area contributed by atoms with Crippen LogP contribution >= 0.6 is 0 Å². The summed E-state index contributed by atoms with van der Waals surface area (Å²) in [6.45, 7) is 6.37. The molecule has 3 heteroatoms. The van der Waals surface area contributed by atoms with Crippen molar-refractivity contribution in [1.82, 2.24) is 0 Å². The zero-order valence-electron chi connectivity index (χ0n) is 11.4. The maximum absolute atomic E-state index is 12.5. The average molecular weight is 265 g/mol. The summed E-state index contributed by atoms with van der Waals surface area (Å²) in [6.07, 6.45) is 1.89. The lowest BCUT2D eigenvalue weighted by Gasteiger charge is -2.35. The highest BCUT2D eigenvalue weighted by atomic mass is 32.2. The lowest BCUT2D eigenvalue weighted by Crippen LogP contribution is -2.38. The third kappa shape index (κ3) is 2.39. The van der Waals surface area contributed by atoms with Crippen molar-refractivity contribution < 1.29 is 4.21 Å². The Balaban J connectivity index is 2.31. The summed E-state index contributed by atoms with van der Waals surface area (Å²) in [5, 5.41) is 0.336. The van der Waals surface area contributed by atoms with Crippen molar-refractivity contribution in [3.63, 3.8) is 0 Å². The smallest absolute Gasteiger partial charge is 0.0549 e. The summed E-state index contributed by atoms with van der Waals surface area (Å²) in [4.78, 5) is 0. The molecule has 1 aromatic rings. The van der Waals surface area contributed by atoms with Crippen LogP contribution in [-0.4, -0.2) is 14.7 Å². The van der Waals surface area contributed by atoms with Gasteiger partial charge in [0.1, 0.15) is 0 Å². The van der Waals surface area contributed by atoms with Crippen LogP contribution in [0.2, 0.25) is 0 Å². The van der Waals surface area contributed by atoms with Gasteiger partial charge in [-0.3, -0.25) is 4.21 Å². The Kier molecular flexibility index (Phi) is 4.23. The van der Waals surface area contributed by atoms with E-state index in [4.69, 9.17) is 5.73 Å². The molecular weight excluding hydrogens is 242 g/mol. The van der Waals surface area contributed by atoms with Crippen LogP contribution in [0.3, 0.4) is 0 Å². The predicted octanol–water partition coefficient (Wildman–Crippen LogP) is 3.11. The van der Waals surface area contributed by atoms with E-state index in [0.717, 1.165) is 12.8 Å². The standard InChI is InChI=1S/C15H23NOS/c1-4-11(3)18(17)14-9-10(2)12-7-5-6-8-13(12)15(14)16/h5-8,10-11,14-15H,4,9,16H2,1-3H3. The summed E-state index contributed by atoms with van der Waals surface area (Å²) in [5.74, 6) is 0.457. The van der Waals surface area contributed by atoms with Gasteiger partial charge in [0.05, 0.1) is 5.25 Å². The highest BCUT2D eigenvalue weighted by molar-refractivity contribution is 7.86. The Hall–Kier alpha value is -0.670. The predicted molar refractivity (Wildman–Crippen MR) is 78.1 cm³/mol. The van der Waals surface area contributed by atoms with Gasteiger partial charge < -0.3 is 5.73 Å². The molecule has 0 bridgehead atoms. The molecular formula is C15H23NOS. The number of nitrogens with two attached hydrogens (primary N) is 1. The Labute approximate surface area is 112 Å². The minimum atomic E-state index is -0.834. The van der Waals surface area contributed by atoms with Crippen molar-refractivity contribution >= 4 is 10.8 Å². The normalized spacial score (nSPS) is 30.6. The summed E-state index contributed by atoms with van der Waals surface area (Å²) >= 11 is 0. The van der Waals surface area contributed by atoms with Gasteiger partial charge in [-0.2, -0.15) is 0 Å². The average Bonchev–Trinajstić information content (AvgIpc) is 2.41. The SMILES string of the molecule is CCC(C)S(=O)C1CC(C)c2ccccc2C1N. The third-order valence-electron chi connectivity index (χ3n) is 4.14. The van der Waals surface area contributed by atoms with E-state index in [1.165, 1.54) is 11.1 Å². The number of benzene rings is 1. The van der Waals surface area contributed by atoms with Crippen LogP contribution in [0.25, 0.3) is 0 Å². The van der Waals surface area contributed by atoms with E-state index in [1.807, 2.05) is 6.07 Å². The van der Waals surface area contributed by atoms with Crippen molar-refractivity contribution in [2.75, 3.05) is 0 Å². The molecule has 0 aromatic heterocycles. The number of hydrogen-bond acceptors (Lipinski definition) is 2. The molecule has 5 unspecified atom stereocenters. The molecule has 0 spiro atoms. The van der Waals surface area contributed by atoms with E-state index in [2.05, 4.69) is 39.0 Å². The largest absolute Gasteiger partial charge is 0.323 e. The molecule has 100 valence electrons. The van der Waals surface area contributed by atoms with Crippen molar-refractivity contribution in [3.8, 4) is 0 Å². The molecule has 18 heavy (non-hydrogen) atoms. The first-order valence-electron chi connectivity index (χ1n) is 6.80. The summed E-state index contributed by atoms with van der Waals surface area (Å²) in [6, 6.07) is 8.26. The monoisotopic (exact) mass is 265 g/mol. The van der Waals surface area contributed by atoms with Crippen LogP contribution in [-0.2, 0) is 10.8 Å². The molecule has 0 aliphatic heterocycles. The molecule has 0 saturated carbocycles. The summed E-state index contributed by atoms with van der Waals surface area (Å²) in [7, 11) is -0.834. The zero-order chi connectivity index (χ0) is 13.3. The molecule has 1 aliphatic carbocycles. The molecule has 5 atom stereocenters. The van der Waals surface area contributed by atoms with Crippen molar-refractivity contribution in [1.29, 1.82) is 0 Å². The van der Waals surface area contributed by atoms with Crippen LogP contribution in [0.4, 0.5) is 0 Å². The van der Waals surface area contributed by atoms with Gasteiger partial charge in [0.2, 0.25) is 0 Å². The maximum atomic E-state index is 12.5. The van der Waals surface area contributed by atoms with Crippen LogP contribution < -0.4 is 5.73 Å². The third-order valence-corrected chi connectivity index (χ3v) is 6.35. The van der Waals surface area contributed by atoms with Crippen molar-refractivity contribution in [2.24, 2.45) is 5.73 Å².